The minimum Gasteiger partial charge on any atom is -0.347 e. The highest BCUT2D eigenvalue weighted by atomic mass is 32.2. The molecular weight excluding hydrogens is 398 g/mol. The number of aryl methyl sites for hydroxylation is 2. The molecule has 0 spiro atoms. The summed E-state index contributed by atoms with van der Waals surface area (Å²) in [5.41, 5.74) is 3.74. The average molecular weight is 422 g/mol. The van der Waals surface area contributed by atoms with Gasteiger partial charge in [-0.3, -0.25) is 4.79 Å². The summed E-state index contributed by atoms with van der Waals surface area (Å²) in [6, 6.07) is 15.9. The van der Waals surface area contributed by atoms with E-state index in [9.17, 15) is 4.79 Å². The Morgan fingerprint density at radius 3 is 2.86 bits per heavy atom. The minimum absolute atomic E-state index is 0.0881. The summed E-state index contributed by atoms with van der Waals surface area (Å²) in [6.07, 6.45) is 3.20. The monoisotopic (exact) mass is 421 g/mol. The molecule has 0 radical (unpaired) electrons. The van der Waals surface area contributed by atoms with Crippen molar-refractivity contribution in [3.63, 3.8) is 0 Å². The second kappa shape index (κ2) is 8.84. The Balaban J connectivity index is 1.50. The summed E-state index contributed by atoms with van der Waals surface area (Å²) >= 11 is 3.30. The zero-order valence-electron chi connectivity index (χ0n) is 16.5. The van der Waals surface area contributed by atoms with Crippen molar-refractivity contribution >= 4 is 45.6 Å². The molecule has 2 heterocycles. The van der Waals surface area contributed by atoms with E-state index in [0.717, 1.165) is 45.4 Å². The third-order valence-corrected chi connectivity index (χ3v) is 6.60. The lowest BCUT2D eigenvalue weighted by molar-refractivity contribution is 0.102. The van der Waals surface area contributed by atoms with E-state index in [1.807, 2.05) is 43.3 Å². The van der Waals surface area contributed by atoms with E-state index in [1.165, 1.54) is 5.52 Å². The molecule has 0 unspecified atom stereocenters. The van der Waals surface area contributed by atoms with Gasteiger partial charge in [0.05, 0.1) is 16.3 Å². The molecule has 0 saturated carbocycles. The van der Waals surface area contributed by atoms with Gasteiger partial charge in [0.1, 0.15) is 0 Å². The highest BCUT2D eigenvalue weighted by molar-refractivity contribution is 7.98. The zero-order chi connectivity index (χ0) is 20.2. The molecule has 2 aromatic heterocycles. The average Bonchev–Trinajstić information content (AvgIpc) is 3.32. The van der Waals surface area contributed by atoms with E-state index >= 15 is 0 Å². The van der Waals surface area contributed by atoms with Crippen LogP contribution in [-0.4, -0.2) is 15.5 Å². The summed E-state index contributed by atoms with van der Waals surface area (Å²) in [6.45, 7) is 5.18. The topological polar surface area (TPSA) is 46.9 Å². The Labute approximate surface area is 179 Å². The molecular formula is C23H23N3OS2. The van der Waals surface area contributed by atoms with Crippen molar-refractivity contribution in [3.8, 4) is 0 Å². The minimum atomic E-state index is -0.0881. The van der Waals surface area contributed by atoms with Gasteiger partial charge < -0.3 is 9.88 Å². The first-order valence-corrected chi connectivity index (χ1v) is 11.5. The summed E-state index contributed by atoms with van der Waals surface area (Å²) < 4.78 is 2.24. The standard InChI is InChI=1S/C23H23N3OS2/c1-3-11-26-12-10-17-13-18(8-9-21(17)26)25-23(27)20-6-4-5-7-22(20)29-15-19-14-28-16(2)24-19/h4-10,12-14H,3,11,15H2,1-2H3,(H,25,27). The predicted octanol–water partition coefficient (Wildman–Crippen LogP) is 6.36. The maximum atomic E-state index is 13.0. The lowest BCUT2D eigenvalue weighted by Crippen LogP contribution is -2.13. The second-order valence-electron chi connectivity index (χ2n) is 6.88. The number of thiazole rings is 1. The summed E-state index contributed by atoms with van der Waals surface area (Å²) in [5.74, 6) is 0.667. The van der Waals surface area contributed by atoms with E-state index in [1.54, 1.807) is 23.1 Å². The van der Waals surface area contributed by atoms with Gasteiger partial charge in [0.15, 0.2) is 0 Å². The van der Waals surface area contributed by atoms with Crippen LogP contribution in [0.25, 0.3) is 10.9 Å². The van der Waals surface area contributed by atoms with E-state index in [0.29, 0.717) is 5.56 Å². The number of fused-ring (bicyclic) bond motifs is 1. The fraction of sp³-hybridized carbons (Fsp3) is 0.217. The molecule has 148 valence electrons. The molecule has 0 bridgehead atoms. The first kappa shape index (κ1) is 19.7. The van der Waals surface area contributed by atoms with E-state index < -0.39 is 0 Å². The van der Waals surface area contributed by atoms with Crippen molar-refractivity contribution < 1.29 is 4.79 Å². The summed E-state index contributed by atoms with van der Waals surface area (Å²) in [4.78, 5) is 18.4. The molecule has 0 atom stereocenters. The Bertz CT molecular complexity index is 1150. The fourth-order valence-corrected chi connectivity index (χ4v) is 4.98. The van der Waals surface area contributed by atoms with Crippen LogP contribution in [0.3, 0.4) is 0 Å². The normalized spacial score (nSPS) is 11.1. The Hall–Kier alpha value is -2.57. The first-order chi connectivity index (χ1) is 14.1. The number of rotatable bonds is 7. The molecule has 2 aromatic carbocycles. The molecule has 0 saturated heterocycles. The molecule has 0 fully saturated rings. The van der Waals surface area contributed by atoms with Crippen LogP contribution in [0.15, 0.2) is 65.0 Å². The highest BCUT2D eigenvalue weighted by Gasteiger charge is 2.13. The number of nitrogens with zero attached hydrogens (tertiary/aromatic N) is 2. The van der Waals surface area contributed by atoms with Crippen LogP contribution in [-0.2, 0) is 12.3 Å². The number of nitrogens with one attached hydrogen (secondary N) is 1. The van der Waals surface area contributed by atoms with Crippen LogP contribution in [0.1, 0.15) is 34.4 Å². The largest absolute Gasteiger partial charge is 0.347 e. The molecule has 0 aliphatic heterocycles. The number of anilines is 1. The summed E-state index contributed by atoms with van der Waals surface area (Å²) in [7, 11) is 0. The zero-order valence-corrected chi connectivity index (χ0v) is 18.1. The Morgan fingerprint density at radius 1 is 1.21 bits per heavy atom. The van der Waals surface area contributed by atoms with Gasteiger partial charge in [-0.1, -0.05) is 19.1 Å². The Morgan fingerprint density at radius 2 is 2.07 bits per heavy atom. The van der Waals surface area contributed by atoms with Gasteiger partial charge in [0, 0.05) is 45.4 Å². The molecule has 1 amide bonds. The molecule has 0 aliphatic carbocycles. The third kappa shape index (κ3) is 4.54. The number of thioether (sulfide) groups is 1. The van der Waals surface area contributed by atoms with E-state index in [-0.39, 0.29) is 5.91 Å². The lowest BCUT2D eigenvalue weighted by atomic mass is 10.2. The van der Waals surface area contributed by atoms with Gasteiger partial charge in [-0.2, -0.15) is 0 Å². The molecule has 29 heavy (non-hydrogen) atoms. The third-order valence-electron chi connectivity index (χ3n) is 4.67. The highest BCUT2D eigenvalue weighted by Crippen LogP contribution is 2.28. The molecule has 4 rings (SSSR count). The van der Waals surface area contributed by atoms with Gasteiger partial charge >= 0.3 is 0 Å². The van der Waals surface area contributed by atoms with Crippen molar-refractivity contribution in [2.24, 2.45) is 0 Å². The van der Waals surface area contributed by atoms with Crippen LogP contribution >= 0.6 is 23.1 Å². The van der Waals surface area contributed by atoms with Gasteiger partial charge in [-0.05, 0) is 49.7 Å². The molecule has 1 N–H and O–H groups in total. The number of hydrogen-bond acceptors (Lipinski definition) is 4. The van der Waals surface area contributed by atoms with Crippen LogP contribution in [0.5, 0.6) is 0 Å². The van der Waals surface area contributed by atoms with Crippen LogP contribution in [0, 0.1) is 6.92 Å². The van der Waals surface area contributed by atoms with Gasteiger partial charge in [0.2, 0.25) is 0 Å². The fourth-order valence-electron chi connectivity index (χ4n) is 3.32. The predicted molar refractivity (Wildman–Crippen MR) is 123 cm³/mol. The maximum absolute atomic E-state index is 13.0. The van der Waals surface area contributed by atoms with Gasteiger partial charge in [-0.25, -0.2) is 4.98 Å². The quantitative estimate of drug-likeness (QED) is 0.353. The second-order valence-corrected chi connectivity index (χ2v) is 8.96. The van der Waals surface area contributed by atoms with Crippen LogP contribution in [0.4, 0.5) is 5.69 Å². The summed E-state index contributed by atoms with van der Waals surface area (Å²) in [5, 5.41) is 7.34. The van der Waals surface area contributed by atoms with Crippen molar-refractivity contribution in [2.75, 3.05) is 5.32 Å². The number of benzene rings is 2. The SMILES string of the molecule is CCCn1ccc2cc(NC(=O)c3ccccc3SCc3csc(C)n3)ccc21. The van der Waals surface area contributed by atoms with E-state index in [4.69, 9.17) is 0 Å². The van der Waals surface area contributed by atoms with Crippen molar-refractivity contribution in [3.05, 3.63) is 76.4 Å². The molecule has 0 aliphatic rings. The van der Waals surface area contributed by atoms with Crippen LogP contribution in [0.2, 0.25) is 0 Å². The van der Waals surface area contributed by atoms with Crippen molar-refractivity contribution in [1.82, 2.24) is 9.55 Å². The number of carbonyl (C=O) groups is 1. The van der Waals surface area contributed by atoms with E-state index in [2.05, 4.69) is 45.5 Å². The number of hydrogen-bond donors (Lipinski definition) is 1. The number of amides is 1. The van der Waals surface area contributed by atoms with Crippen molar-refractivity contribution in [1.29, 1.82) is 0 Å². The van der Waals surface area contributed by atoms with Gasteiger partial charge in [-0.15, -0.1) is 23.1 Å². The number of aromatic nitrogens is 2. The lowest BCUT2D eigenvalue weighted by Gasteiger charge is -2.10. The Kier molecular flexibility index (Phi) is 6.02. The first-order valence-electron chi connectivity index (χ1n) is 9.67. The molecule has 6 heteroatoms. The number of carbonyl (C=O) groups excluding carboxylic acids is 1. The maximum Gasteiger partial charge on any atom is 0.256 e. The van der Waals surface area contributed by atoms with Crippen LogP contribution < -0.4 is 5.32 Å². The molecule has 4 aromatic rings. The molecule has 4 nitrogen and oxygen atoms in total. The van der Waals surface area contributed by atoms with Crippen molar-refractivity contribution in [2.45, 2.75) is 37.5 Å². The smallest absolute Gasteiger partial charge is 0.256 e. The van der Waals surface area contributed by atoms with Gasteiger partial charge in [0.25, 0.3) is 5.91 Å².